The van der Waals surface area contributed by atoms with Crippen LogP contribution < -0.4 is 4.74 Å². The summed E-state index contributed by atoms with van der Waals surface area (Å²) in [6.45, 7) is 1.70. The Morgan fingerprint density at radius 1 is 1.05 bits per heavy atom. The Morgan fingerprint density at radius 3 is 2.37 bits per heavy atom. The van der Waals surface area contributed by atoms with E-state index < -0.39 is 35.0 Å². The summed E-state index contributed by atoms with van der Waals surface area (Å²) >= 11 is 5.77. The van der Waals surface area contributed by atoms with Crippen molar-refractivity contribution in [2.24, 2.45) is 0 Å². The zero-order valence-electron chi connectivity index (χ0n) is 20.3. The molecule has 0 saturated carbocycles. The number of ether oxygens (including phenoxy) is 1. The van der Waals surface area contributed by atoms with Gasteiger partial charge in [0.05, 0.1) is 17.0 Å². The molecule has 0 saturated heterocycles. The first kappa shape index (κ1) is 27.4. The van der Waals surface area contributed by atoms with E-state index in [0.717, 1.165) is 17.7 Å². The van der Waals surface area contributed by atoms with E-state index in [1.807, 2.05) is 6.92 Å². The van der Waals surface area contributed by atoms with Crippen LogP contribution in [-0.2, 0) is 30.4 Å². The molecule has 1 aliphatic rings. The van der Waals surface area contributed by atoms with Crippen LogP contribution in [0.4, 0.5) is 17.6 Å². The quantitative estimate of drug-likeness (QED) is 0.324. The molecule has 0 spiro atoms. The van der Waals surface area contributed by atoms with Crippen LogP contribution in [0.1, 0.15) is 46.0 Å². The molecule has 0 unspecified atom stereocenters. The highest BCUT2D eigenvalue weighted by Gasteiger charge is 2.36. The van der Waals surface area contributed by atoms with Crippen LogP contribution in [0.2, 0.25) is 5.02 Å². The number of carboxylic acid groups (broad SMARTS) is 1. The van der Waals surface area contributed by atoms with Crippen molar-refractivity contribution in [3.8, 4) is 5.75 Å². The standard InChI is InChI=1S/C28H24ClF4NO4/c1-27(14-18-4-8-22(29)23(30)12-18)15-20-13-19(5-9-24(20)38-27)26(37)34(11-10-25(35)36)16-17-2-6-21(7-3-17)28(31,32)33/h2-9,12-13H,10-11,14-16H2,1H3,(H,35,36)/t27-/m1/s1. The molecule has 38 heavy (non-hydrogen) atoms. The van der Waals surface area contributed by atoms with Gasteiger partial charge in [-0.2, -0.15) is 13.2 Å². The zero-order valence-corrected chi connectivity index (χ0v) is 21.1. The van der Waals surface area contributed by atoms with Crippen LogP contribution in [0.15, 0.2) is 60.7 Å². The van der Waals surface area contributed by atoms with Gasteiger partial charge in [0, 0.05) is 31.5 Å². The van der Waals surface area contributed by atoms with Crippen LogP contribution >= 0.6 is 11.6 Å². The fourth-order valence-corrected chi connectivity index (χ4v) is 4.64. The van der Waals surface area contributed by atoms with Gasteiger partial charge in [0.2, 0.25) is 0 Å². The number of rotatable bonds is 8. The summed E-state index contributed by atoms with van der Waals surface area (Å²) in [6.07, 6.45) is -3.96. The first-order chi connectivity index (χ1) is 17.8. The lowest BCUT2D eigenvalue weighted by atomic mass is 9.91. The maximum absolute atomic E-state index is 13.9. The van der Waals surface area contributed by atoms with Crippen molar-refractivity contribution in [1.82, 2.24) is 4.90 Å². The lowest BCUT2D eigenvalue weighted by Crippen LogP contribution is -2.33. The molecule has 0 aliphatic carbocycles. The van der Waals surface area contributed by atoms with Crippen molar-refractivity contribution in [2.75, 3.05) is 6.54 Å². The largest absolute Gasteiger partial charge is 0.487 e. The predicted octanol–water partition coefficient (Wildman–Crippen LogP) is 6.55. The van der Waals surface area contributed by atoms with Gasteiger partial charge >= 0.3 is 12.1 Å². The average molecular weight is 550 g/mol. The first-order valence-corrected chi connectivity index (χ1v) is 12.1. The molecule has 10 heteroatoms. The average Bonchev–Trinajstić information content (AvgIpc) is 3.18. The van der Waals surface area contributed by atoms with Crippen LogP contribution in [0, 0.1) is 5.82 Å². The molecule has 1 amide bonds. The molecule has 0 aromatic heterocycles. The molecule has 4 rings (SSSR count). The number of hydrogen-bond donors (Lipinski definition) is 1. The van der Waals surface area contributed by atoms with Crippen LogP contribution in [0.5, 0.6) is 5.75 Å². The Kier molecular flexibility index (Phi) is 7.69. The van der Waals surface area contributed by atoms with Crippen LogP contribution in [-0.4, -0.2) is 34.0 Å². The second-order valence-electron chi connectivity index (χ2n) is 9.54. The molecule has 3 aromatic carbocycles. The molecule has 1 heterocycles. The SMILES string of the molecule is C[C@@]1(Cc2ccc(Cl)c(F)c2)Cc2cc(C(=O)N(CCC(=O)O)Cc3ccc(C(F)(F)F)cc3)ccc2O1. The normalized spacial score (nSPS) is 16.6. The summed E-state index contributed by atoms with van der Waals surface area (Å²) in [4.78, 5) is 25.8. The highest BCUT2D eigenvalue weighted by Crippen LogP contribution is 2.38. The van der Waals surface area contributed by atoms with E-state index in [-0.39, 0.29) is 24.5 Å². The van der Waals surface area contributed by atoms with E-state index in [2.05, 4.69) is 0 Å². The van der Waals surface area contributed by atoms with Crippen molar-refractivity contribution in [1.29, 1.82) is 0 Å². The second kappa shape index (κ2) is 10.6. The monoisotopic (exact) mass is 549 g/mol. The number of carbonyl (C=O) groups excluding carboxylic acids is 1. The van der Waals surface area contributed by atoms with Gasteiger partial charge in [-0.25, -0.2) is 4.39 Å². The van der Waals surface area contributed by atoms with Crippen molar-refractivity contribution >= 4 is 23.5 Å². The highest BCUT2D eigenvalue weighted by molar-refractivity contribution is 6.30. The van der Waals surface area contributed by atoms with Crippen molar-refractivity contribution < 1.29 is 37.0 Å². The number of alkyl halides is 3. The van der Waals surface area contributed by atoms with Gasteiger partial charge in [-0.1, -0.05) is 29.8 Å². The molecule has 5 nitrogen and oxygen atoms in total. The molecule has 0 radical (unpaired) electrons. The van der Waals surface area contributed by atoms with E-state index in [1.54, 1.807) is 24.3 Å². The summed E-state index contributed by atoms with van der Waals surface area (Å²) in [7, 11) is 0. The zero-order chi connectivity index (χ0) is 27.7. The molecular weight excluding hydrogens is 526 g/mol. The lowest BCUT2D eigenvalue weighted by molar-refractivity contribution is -0.138. The summed E-state index contributed by atoms with van der Waals surface area (Å²) in [5, 5.41) is 9.16. The molecule has 3 aromatic rings. The minimum absolute atomic E-state index is 0.0291. The van der Waals surface area contributed by atoms with Crippen LogP contribution in [0.3, 0.4) is 0 Å². The van der Waals surface area contributed by atoms with E-state index in [0.29, 0.717) is 35.3 Å². The first-order valence-electron chi connectivity index (χ1n) is 11.8. The Bertz CT molecular complexity index is 1360. The number of fused-ring (bicyclic) bond motifs is 1. The van der Waals surface area contributed by atoms with Gasteiger partial charge in [-0.05, 0) is 66.1 Å². The van der Waals surface area contributed by atoms with E-state index in [4.69, 9.17) is 21.4 Å². The van der Waals surface area contributed by atoms with Gasteiger partial charge in [-0.15, -0.1) is 0 Å². The summed E-state index contributed by atoms with van der Waals surface area (Å²) < 4.78 is 58.7. The number of carboxylic acids is 1. The minimum atomic E-state index is -4.49. The van der Waals surface area contributed by atoms with Crippen molar-refractivity contribution in [3.63, 3.8) is 0 Å². The highest BCUT2D eigenvalue weighted by atomic mass is 35.5. The lowest BCUT2D eigenvalue weighted by Gasteiger charge is -2.24. The van der Waals surface area contributed by atoms with E-state index in [1.165, 1.54) is 29.2 Å². The van der Waals surface area contributed by atoms with Crippen LogP contribution in [0.25, 0.3) is 0 Å². The molecule has 1 atom stereocenters. The Labute approximate surface area is 221 Å². The molecule has 0 fully saturated rings. The summed E-state index contributed by atoms with van der Waals surface area (Å²) in [5.74, 6) is -1.50. The number of aliphatic carboxylic acids is 1. The topological polar surface area (TPSA) is 66.8 Å². The van der Waals surface area contributed by atoms with Crippen molar-refractivity contribution in [3.05, 3.63) is 99.3 Å². The van der Waals surface area contributed by atoms with Gasteiger partial charge in [0.25, 0.3) is 5.91 Å². The maximum atomic E-state index is 13.9. The number of nitrogens with zero attached hydrogens (tertiary/aromatic N) is 1. The minimum Gasteiger partial charge on any atom is -0.487 e. The fraction of sp³-hybridized carbons (Fsp3) is 0.286. The Balaban J connectivity index is 1.52. The Morgan fingerprint density at radius 2 is 1.74 bits per heavy atom. The van der Waals surface area contributed by atoms with E-state index in [9.17, 15) is 27.2 Å². The molecule has 0 bridgehead atoms. The maximum Gasteiger partial charge on any atom is 0.416 e. The third kappa shape index (κ3) is 6.45. The number of benzene rings is 3. The third-order valence-electron chi connectivity index (χ3n) is 6.33. The number of carbonyl (C=O) groups is 2. The molecule has 1 N–H and O–H groups in total. The number of halogens is 5. The smallest absolute Gasteiger partial charge is 0.416 e. The molecule has 200 valence electrons. The second-order valence-corrected chi connectivity index (χ2v) is 9.95. The van der Waals surface area contributed by atoms with Crippen molar-refractivity contribution in [2.45, 2.75) is 44.5 Å². The summed E-state index contributed by atoms with van der Waals surface area (Å²) in [5.41, 5.74) is 0.701. The predicted molar refractivity (Wildman–Crippen MR) is 133 cm³/mol. The number of hydrogen-bond acceptors (Lipinski definition) is 3. The third-order valence-corrected chi connectivity index (χ3v) is 6.63. The van der Waals surface area contributed by atoms with Gasteiger partial charge in [0.1, 0.15) is 17.2 Å². The number of amides is 1. The summed E-state index contributed by atoms with van der Waals surface area (Å²) in [6, 6.07) is 13.8. The van der Waals surface area contributed by atoms with Gasteiger partial charge in [0.15, 0.2) is 0 Å². The molecular formula is C28H24ClF4NO4. The van der Waals surface area contributed by atoms with Gasteiger partial charge in [-0.3, -0.25) is 9.59 Å². The Hall–Kier alpha value is -3.59. The molecule has 1 aliphatic heterocycles. The van der Waals surface area contributed by atoms with E-state index >= 15 is 0 Å². The fourth-order valence-electron chi connectivity index (χ4n) is 4.52. The van der Waals surface area contributed by atoms with Gasteiger partial charge < -0.3 is 14.7 Å².